The van der Waals surface area contributed by atoms with Crippen LogP contribution in [0.15, 0.2) is 23.2 Å². The van der Waals surface area contributed by atoms with Gasteiger partial charge < -0.3 is 10.1 Å². The zero-order valence-electron chi connectivity index (χ0n) is 16.7. The van der Waals surface area contributed by atoms with Gasteiger partial charge in [0, 0.05) is 12.3 Å². The first kappa shape index (κ1) is 20.7. The summed E-state index contributed by atoms with van der Waals surface area (Å²) in [5.74, 6) is -0.504. The Balaban J connectivity index is 1.94. The van der Waals surface area contributed by atoms with Gasteiger partial charge in [-0.2, -0.15) is 0 Å². The molecule has 1 unspecified atom stereocenters. The second-order valence-electron chi connectivity index (χ2n) is 7.24. The summed E-state index contributed by atoms with van der Waals surface area (Å²) in [4.78, 5) is 32.5. The average molecular weight is 418 g/mol. The van der Waals surface area contributed by atoms with Crippen molar-refractivity contribution in [2.75, 3.05) is 5.32 Å². The van der Waals surface area contributed by atoms with Gasteiger partial charge in [0.25, 0.3) is 21.8 Å². The number of amides is 2. The third-order valence-electron chi connectivity index (χ3n) is 4.51. The van der Waals surface area contributed by atoms with Gasteiger partial charge >= 0.3 is 0 Å². The van der Waals surface area contributed by atoms with Crippen molar-refractivity contribution in [3.8, 4) is 5.75 Å². The summed E-state index contributed by atoms with van der Waals surface area (Å²) < 4.78 is 33.5. The van der Waals surface area contributed by atoms with Gasteiger partial charge in [0.15, 0.2) is 6.10 Å². The highest BCUT2D eigenvalue weighted by molar-refractivity contribution is 7.90. The van der Waals surface area contributed by atoms with Crippen molar-refractivity contribution in [2.45, 2.75) is 45.6 Å². The molecule has 0 spiro atoms. The fourth-order valence-corrected chi connectivity index (χ4v) is 4.23. The van der Waals surface area contributed by atoms with Crippen molar-refractivity contribution in [1.82, 2.24) is 14.7 Å². The lowest BCUT2D eigenvalue weighted by atomic mass is 10.0. The molecular formula is C19H22N4O5S. The number of aromatic nitrogens is 2. The Morgan fingerprint density at radius 1 is 1.24 bits per heavy atom. The number of anilines is 1. The number of carbonyl (C=O) groups is 2. The molecule has 2 N–H and O–H groups in total. The second-order valence-corrected chi connectivity index (χ2v) is 8.89. The fourth-order valence-electron chi connectivity index (χ4n) is 3.03. The molecule has 2 heterocycles. The van der Waals surface area contributed by atoms with E-state index in [1.165, 1.54) is 18.3 Å². The lowest BCUT2D eigenvalue weighted by Crippen LogP contribution is -2.40. The summed E-state index contributed by atoms with van der Waals surface area (Å²) in [5, 5.41) is 2.73. The van der Waals surface area contributed by atoms with Crippen LogP contribution in [0.25, 0.3) is 0 Å². The van der Waals surface area contributed by atoms with E-state index >= 15 is 0 Å². The van der Waals surface area contributed by atoms with E-state index in [0.29, 0.717) is 22.8 Å². The van der Waals surface area contributed by atoms with Crippen LogP contribution in [0.1, 0.15) is 41.3 Å². The average Bonchev–Trinajstić information content (AvgIpc) is 2.59. The first-order chi connectivity index (χ1) is 13.5. The fraction of sp³-hybridized carbons (Fsp3) is 0.368. The van der Waals surface area contributed by atoms with Crippen molar-refractivity contribution in [3.63, 3.8) is 0 Å². The number of nitrogens with zero attached hydrogens (tertiary/aromatic N) is 2. The maximum absolute atomic E-state index is 12.9. The van der Waals surface area contributed by atoms with Gasteiger partial charge in [-0.15, -0.1) is 0 Å². The van der Waals surface area contributed by atoms with Crippen molar-refractivity contribution in [2.24, 2.45) is 5.92 Å². The minimum absolute atomic E-state index is 0.0678. The minimum atomic E-state index is -4.20. The van der Waals surface area contributed by atoms with E-state index in [1.54, 1.807) is 20.8 Å². The maximum Gasteiger partial charge on any atom is 0.268 e. The number of aryl methyl sites for hydroxylation is 3. The summed E-state index contributed by atoms with van der Waals surface area (Å²) in [5.41, 5.74) is 1.18. The van der Waals surface area contributed by atoms with E-state index < -0.39 is 22.0 Å². The predicted octanol–water partition coefficient (Wildman–Crippen LogP) is 1.88. The number of fused-ring (bicyclic) bond motifs is 1. The third kappa shape index (κ3) is 4.07. The summed E-state index contributed by atoms with van der Waals surface area (Å²) in [6, 6.07) is 2.82. The van der Waals surface area contributed by atoms with Crippen LogP contribution in [-0.2, 0) is 14.8 Å². The Hall–Kier alpha value is -3.01. The van der Waals surface area contributed by atoms with Gasteiger partial charge in [-0.05, 0) is 38.3 Å². The highest BCUT2D eigenvalue weighted by Gasteiger charge is 2.32. The molecule has 10 heteroatoms. The lowest BCUT2D eigenvalue weighted by molar-refractivity contribution is -0.125. The zero-order chi connectivity index (χ0) is 21.5. The van der Waals surface area contributed by atoms with Gasteiger partial charge in [-0.3, -0.25) is 9.59 Å². The van der Waals surface area contributed by atoms with Crippen LogP contribution < -0.4 is 14.8 Å². The summed E-state index contributed by atoms with van der Waals surface area (Å²) in [6.07, 6.45) is 0.552. The monoisotopic (exact) mass is 418 g/mol. The second kappa shape index (κ2) is 7.43. The Labute approximate surface area is 169 Å². The third-order valence-corrected chi connectivity index (χ3v) is 5.99. The van der Waals surface area contributed by atoms with E-state index in [1.807, 2.05) is 18.6 Å². The van der Waals surface area contributed by atoms with Crippen molar-refractivity contribution < 1.29 is 22.7 Å². The Morgan fingerprint density at radius 3 is 2.55 bits per heavy atom. The van der Waals surface area contributed by atoms with Crippen LogP contribution in [0.2, 0.25) is 0 Å². The molecule has 1 atom stereocenters. The van der Waals surface area contributed by atoms with Gasteiger partial charge in [0.05, 0.1) is 21.8 Å². The van der Waals surface area contributed by atoms with Crippen LogP contribution in [0.3, 0.4) is 0 Å². The molecule has 0 fully saturated rings. The number of hydrogen-bond donors (Lipinski definition) is 2. The number of benzene rings is 1. The van der Waals surface area contributed by atoms with E-state index in [0.717, 1.165) is 0 Å². The molecule has 154 valence electrons. The van der Waals surface area contributed by atoms with Gasteiger partial charge in [-0.25, -0.2) is 23.1 Å². The van der Waals surface area contributed by atoms with Crippen LogP contribution in [-0.4, -0.2) is 36.3 Å². The largest absolute Gasteiger partial charge is 0.478 e. The van der Waals surface area contributed by atoms with Crippen molar-refractivity contribution >= 4 is 27.5 Å². The van der Waals surface area contributed by atoms with Crippen LogP contribution in [0.5, 0.6) is 5.75 Å². The maximum atomic E-state index is 12.9. The van der Waals surface area contributed by atoms with Gasteiger partial charge in [0.2, 0.25) is 0 Å². The van der Waals surface area contributed by atoms with Gasteiger partial charge in [-0.1, -0.05) is 13.8 Å². The van der Waals surface area contributed by atoms with E-state index in [9.17, 15) is 18.0 Å². The number of rotatable bonds is 4. The Kier molecular flexibility index (Phi) is 5.31. The lowest BCUT2D eigenvalue weighted by Gasteiger charge is -2.29. The quantitative estimate of drug-likeness (QED) is 0.776. The standard InChI is InChI=1S/C19H22N4O5S/c1-9(2)17-19(25)22-14-6-10(3)16(7-15(14)28-17)29(26,27)23-18(24)13-8-20-12(5)21-11(13)4/h6-9,17H,1-5H3,(H,22,25)(H,23,24). The molecule has 1 aliphatic rings. The normalized spacial score (nSPS) is 16.1. The number of ether oxygens (including phenoxy) is 1. The molecule has 9 nitrogen and oxygen atoms in total. The topological polar surface area (TPSA) is 127 Å². The summed E-state index contributed by atoms with van der Waals surface area (Å²) in [7, 11) is -4.20. The highest BCUT2D eigenvalue weighted by atomic mass is 32.2. The van der Waals surface area contributed by atoms with E-state index in [4.69, 9.17) is 4.74 Å². The Morgan fingerprint density at radius 2 is 1.93 bits per heavy atom. The summed E-state index contributed by atoms with van der Waals surface area (Å²) in [6.45, 7) is 8.49. The molecule has 0 saturated carbocycles. The van der Waals surface area contributed by atoms with Crippen LogP contribution in [0.4, 0.5) is 5.69 Å². The van der Waals surface area contributed by atoms with E-state index in [-0.39, 0.29) is 28.0 Å². The molecule has 2 aromatic rings. The molecule has 3 rings (SSSR count). The highest BCUT2D eigenvalue weighted by Crippen LogP contribution is 2.35. The van der Waals surface area contributed by atoms with Crippen molar-refractivity contribution in [3.05, 3.63) is 41.0 Å². The SMILES string of the molecule is Cc1ncc(C(=O)NS(=O)(=O)c2cc3c(cc2C)NC(=O)C(C(C)C)O3)c(C)n1. The molecule has 1 aromatic heterocycles. The Bertz CT molecular complexity index is 1110. The number of hydrogen-bond acceptors (Lipinski definition) is 7. The molecule has 0 saturated heterocycles. The number of nitrogens with one attached hydrogen (secondary N) is 2. The first-order valence-corrected chi connectivity index (χ1v) is 10.5. The number of sulfonamides is 1. The number of carbonyl (C=O) groups excluding carboxylic acids is 2. The van der Waals surface area contributed by atoms with E-state index in [2.05, 4.69) is 15.3 Å². The molecule has 2 amide bonds. The molecular weight excluding hydrogens is 396 g/mol. The molecule has 0 radical (unpaired) electrons. The molecule has 0 aliphatic carbocycles. The van der Waals surface area contributed by atoms with Gasteiger partial charge in [0.1, 0.15) is 11.6 Å². The van der Waals surface area contributed by atoms with Crippen LogP contribution >= 0.6 is 0 Å². The molecule has 1 aliphatic heterocycles. The first-order valence-electron chi connectivity index (χ1n) is 8.99. The molecule has 29 heavy (non-hydrogen) atoms. The smallest absolute Gasteiger partial charge is 0.268 e. The zero-order valence-corrected chi connectivity index (χ0v) is 17.5. The van der Waals surface area contributed by atoms with Crippen molar-refractivity contribution in [1.29, 1.82) is 0 Å². The molecule has 1 aromatic carbocycles. The van der Waals surface area contributed by atoms with Crippen LogP contribution in [0, 0.1) is 26.7 Å². The minimum Gasteiger partial charge on any atom is -0.478 e. The molecule has 0 bridgehead atoms. The predicted molar refractivity (Wildman–Crippen MR) is 105 cm³/mol. The summed E-state index contributed by atoms with van der Waals surface area (Å²) >= 11 is 0.